The van der Waals surface area contributed by atoms with Gasteiger partial charge < -0.3 is 99.2 Å². The number of aliphatic hydroxyl groups is 12. The number of ether oxygens (including phenoxy) is 8. The standard InChI is InChI=1S/C52H88O20/c1-21-32(56)36(60)39(63)44(67-21)71-41-35(59)26(55)20-66-46(41)70-30-14-16-50(8)29-12-11-28-49(7)15-13-23(48(5,6)72-45-40(64)37(61)33(57)22(2)68-45)31(49)24(53)17-51(28,9)52(29,10)18-27(42(50)47(30,3)4)69-43-38(62)34(58)25(54)19-65-43/h21-46,53-64H,11-20H2,1-10H3. The van der Waals surface area contributed by atoms with Crippen molar-refractivity contribution in [1.29, 1.82) is 0 Å². The fourth-order valence-corrected chi connectivity index (χ4v) is 17.6. The van der Waals surface area contributed by atoms with E-state index in [-0.39, 0.29) is 48.2 Å². The van der Waals surface area contributed by atoms with Crippen molar-refractivity contribution in [2.24, 2.45) is 56.7 Å². The number of aliphatic hydroxyl groups excluding tert-OH is 12. The molecule has 0 aromatic rings. The summed E-state index contributed by atoms with van der Waals surface area (Å²) in [5.74, 6) is -0.359. The van der Waals surface area contributed by atoms with Crippen LogP contribution in [0.5, 0.6) is 0 Å². The highest BCUT2D eigenvalue weighted by Crippen LogP contribution is 2.78. The van der Waals surface area contributed by atoms with Crippen molar-refractivity contribution in [3.8, 4) is 0 Å². The molecule has 0 aromatic carbocycles. The van der Waals surface area contributed by atoms with Crippen molar-refractivity contribution in [1.82, 2.24) is 0 Å². The van der Waals surface area contributed by atoms with Crippen molar-refractivity contribution < 1.29 is 99.2 Å². The van der Waals surface area contributed by atoms with Gasteiger partial charge in [0.25, 0.3) is 0 Å². The maximum atomic E-state index is 12.8. The first-order valence-electron chi connectivity index (χ1n) is 26.8. The lowest BCUT2D eigenvalue weighted by Gasteiger charge is -2.75. The zero-order chi connectivity index (χ0) is 52.7. The second-order valence-electron chi connectivity index (χ2n) is 26.0. The number of hydrogen-bond acceptors (Lipinski definition) is 20. The molecule has 30 atom stereocenters. The van der Waals surface area contributed by atoms with Crippen molar-refractivity contribution in [2.75, 3.05) is 13.2 Å². The van der Waals surface area contributed by atoms with Crippen molar-refractivity contribution >= 4 is 0 Å². The molecule has 9 fully saturated rings. The Morgan fingerprint density at radius 1 is 0.486 bits per heavy atom. The van der Waals surface area contributed by atoms with E-state index in [1.165, 1.54) is 6.92 Å². The summed E-state index contributed by atoms with van der Waals surface area (Å²) >= 11 is 0. The van der Waals surface area contributed by atoms with E-state index < -0.39 is 156 Å². The summed E-state index contributed by atoms with van der Waals surface area (Å²) < 4.78 is 50.3. The molecule has 4 heterocycles. The first-order valence-corrected chi connectivity index (χ1v) is 26.8. The lowest BCUT2D eigenvalue weighted by atomic mass is 9.31. The number of fused-ring (bicyclic) bond motifs is 7. The van der Waals surface area contributed by atoms with Crippen molar-refractivity contribution in [3.05, 3.63) is 0 Å². The summed E-state index contributed by atoms with van der Waals surface area (Å²) in [6.45, 7) is 20.0. The van der Waals surface area contributed by atoms with Gasteiger partial charge in [-0.15, -0.1) is 0 Å². The summed E-state index contributed by atoms with van der Waals surface area (Å²) in [6.07, 6.45) is -21.0. The van der Waals surface area contributed by atoms with Crippen LogP contribution < -0.4 is 0 Å². The summed E-state index contributed by atoms with van der Waals surface area (Å²) in [6, 6.07) is 0. The molecule has 12 N–H and O–H groups in total. The second kappa shape index (κ2) is 19.5. The van der Waals surface area contributed by atoms with Gasteiger partial charge in [-0.05, 0) is 136 Å². The molecular weight excluding hydrogens is 945 g/mol. The maximum absolute atomic E-state index is 12.8. The molecule has 0 spiro atoms. The Morgan fingerprint density at radius 3 is 1.62 bits per heavy atom. The molecule has 20 nitrogen and oxygen atoms in total. The van der Waals surface area contributed by atoms with Gasteiger partial charge in [-0.25, -0.2) is 0 Å². The van der Waals surface area contributed by atoms with Crippen LogP contribution in [-0.2, 0) is 37.9 Å². The van der Waals surface area contributed by atoms with E-state index in [2.05, 4.69) is 41.5 Å². The predicted molar refractivity (Wildman–Crippen MR) is 251 cm³/mol. The van der Waals surface area contributed by atoms with Crippen LogP contribution in [0.4, 0.5) is 0 Å². The first-order chi connectivity index (χ1) is 33.4. The van der Waals surface area contributed by atoms with Crippen LogP contribution in [0.2, 0.25) is 0 Å². The van der Waals surface area contributed by atoms with Crippen molar-refractivity contribution in [2.45, 2.75) is 255 Å². The fraction of sp³-hybridized carbons (Fsp3) is 1.00. The highest BCUT2D eigenvalue weighted by atomic mass is 16.8. The van der Waals surface area contributed by atoms with Gasteiger partial charge in [0.2, 0.25) is 0 Å². The van der Waals surface area contributed by atoms with E-state index in [4.69, 9.17) is 37.9 Å². The minimum atomic E-state index is -1.69. The highest BCUT2D eigenvalue weighted by Gasteiger charge is 2.75. The molecule has 4 aliphatic heterocycles. The molecule has 416 valence electrons. The van der Waals surface area contributed by atoms with Gasteiger partial charge in [0.1, 0.15) is 73.2 Å². The SMILES string of the molecule is CC1OC(OC2C(OC3CCC4(C)C(C(OC5OCC(O)C(O)C5O)CC5(C)C4CCC4C6(C)CCC(C(C)(C)OC7OC(C)C(O)C(O)C7O)C6C(O)CC45C)C3(C)C)OCC(O)C2O)C(O)C(O)C1O. The third kappa shape index (κ3) is 8.71. The molecule has 0 aromatic heterocycles. The minimum absolute atomic E-state index is 0.103. The molecule has 5 saturated carbocycles. The molecule has 0 amide bonds. The van der Waals surface area contributed by atoms with Crippen LogP contribution >= 0.6 is 0 Å². The first kappa shape index (κ1) is 55.9. The molecule has 9 rings (SSSR count). The van der Waals surface area contributed by atoms with Crippen LogP contribution in [-0.4, -0.2) is 209 Å². The molecule has 72 heavy (non-hydrogen) atoms. The summed E-state index contributed by atoms with van der Waals surface area (Å²) in [5.41, 5.74) is -3.36. The van der Waals surface area contributed by atoms with E-state index in [9.17, 15) is 61.3 Å². The summed E-state index contributed by atoms with van der Waals surface area (Å²) in [7, 11) is 0. The van der Waals surface area contributed by atoms with E-state index in [0.29, 0.717) is 25.7 Å². The molecule has 0 radical (unpaired) electrons. The quantitative estimate of drug-likeness (QED) is 0.133. The summed E-state index contributed by atoms with van der Waals surface area (Å²) in [4.78, 5) is 0. The summed E-state index contributed by atoms with van der Waals surface area (Å²) in [5, 5.41) is 132. The zero-order valence-electron chi connectivity index (χ0n) is 43.7. The van der Waals surface area contributed by atoms with Gasteiger partial charge in [-0.2, -0.15) is 0 Å². The third-order valence-electron chi connectivity index (χ3n) is 21.4. The van der Waals surface area contributed by atoms with Gasteiger partial charge in [0.05, 0.1) is 49.3 Å². The maximum Gasteiger partial charge on any atom is 0.187 e. The van der Waals surface area contributed by atoms with Crippen LogP contribution in [0, 0.1) is 56.7 Å². The fourth-order valence-electron chi connectivity index (χ4n) is 17.6. The Balaban J connectivity index is 1.02. The van der Waals surface area contributed by atoms with E-state index in [0.717, 1.165) is 25.7 Å². The smallest absolute Gasteiger partial charge is 0.187 e. The normalized spacial score (nSPS) is 57.9. The average Bonchev–Trinajstić information content (AvgIpc) is 3.69. The van der Waals surface area contributed by atoms with E-state index >= 15 is 0 Å². The highest BCUT2D eigenvalue weighted by molar-refractivity contribution is 5.23. The predicted octanol–water partition coefficient (Wildman–Crippen LogP) is -0.209. The minimum Gasteiger partial charge on any atom is -0.393 e. The van der Waals surface area contributed by atoms with E-state index in [1.54, 1.807) is 6.92 Å². The largest absolute Gasteiger partial charge is 0.393 e. The van der Waals surface area contributed by atoms with Crippen LogP contribution in [0.25, 0.3) is 0 Å². The molecule has 0 bridgehead atoms. The molecule has 4 saturated heterocycles. The van der Waals surface area contributed by atoms with Gasteiger partial charge in [-0.1, -0.05) is 41.5 Å². The lowest BCUT2D eigenvalue weighted by molar-refractivity contribution is -0.371. The molecule has 5 aliphatic carbocycles. The third-order valence-corrected chi connectivity index (χ3v) is 21.4. The van der Waals surface area contributed by atoms with Crippen LogP contribution in [0.3, 0.4) is 0 Å². The lowest BCUT2D eigenvalue weighted by Crippen LogP contribution is -2.72. The van der Waals surface area contributed by atoms with Crippen LogP contribution in [0.1, 0.15) is 121 Å². The zero-order valence-corrected chi connectivity index (χ0v) is 43.7. The van der Waals surface area contributed by atoms with Gasteiger partial charge in [0.15, 0.2) is 25.2 Å². The van der Waals surface area contributed by atoms with Crippen molar-refractivity contribution in [3.63, 3.8) is 0 Å². The Hall–Kier alpha value is -0.800. The molecule has 30 unspecified atom stereocenters. The van der Waals surface area contributed by atoms with E-state index in [1.807, 2.05) is 13.8 Å². The molecule has 20 heteroatoms. The Morgan fingerprint density at radius 2 is 1.00 bits per heavy atom. The van der Waals surface area contributed by atoms with Gasteiger partial charge in [-0.3, -0.25) is 0 Å². The molecular formula is C52H88O20. The molecule has 9 aliphatic rings. The average molecular weight is 1030 g/mol. The van der Waals surface area contributed by atoms with Gasteiger partial charge in [0, 0.05) is 0 Å². The number of hydrogen-bond donors (Lipinski definition) is 12. The second-order valence-corrected chi connectivity index (χ2v) is 26.0. The topological polar surface area (TPSA) is 317 Å². The van der Waals surface area contributed by atoms with Gasteiger partial charge >= 0.3 is 0 Å². The Bertz CT molecular complexity index is 1910. The number of rotatable bonds is 9. The monoisotopic (exact) mass is 1030 g/mol. The Kier molecular flexibility index (Phi) is 15.2. The Labute approximate surface area is 423 Å². The van der Waals surface area contributed by atoms with Crippen LogP contribution in [0.15, 0.2) is 0 Å².